The van der Waals surface area contributed by atoms with Gasteiger partial charge >= 0.3 is 18.4 Å². The number of nitrogens with one attached hydrogen (secondary N) is 1. The molecule has 2 fully saturated rings. The van der Waals surface area contributed by atoms with Crippen LogP contribution in [0.5, 0.6) is 0 Å². The normalized spacial score (nSPS) is 23.0. The van der Waals surface area contributed by atoms with Gasteiger partial charge in [0, 0.05) is 25.0 Å². The first-order valence-corrected chi connectivity index (χ1v) is 12.4. The molecular formula is C27H30F6N2O2. The van der Waals surface area contributed by atoms with Crippen molar-refractivity contribution in [1.29, 1.82) is 0 Å². The predicted molar refractivity (Wildman–Crippen MR) is 126 cm³/mol. The van der Waals surface area contributed by atoms with E-state index in [1.54, 1.807) is 4.90 Å². The van der Waals surface area contributed by atoms with Crippen LogP contribution < -0.4 is 5.32 Å². The third kappa shape index (κ3) is 6.40. The smallest absolute Gasteiger partial charge is 0.373 e. The Labute approximate surface area is 212 Å². The van der Waals surface area contributed by atoms with Gasteiger partial charge in [-0.1, -0.05) is 30.3 Å². The van der Waals surface area contributed by atoms with E-state index in [9.17, 15) is 31.1 Å². The summed E-state index contributed by atoms with van der Waals surface area (Å²) in [6.45, 7) is 3.60. The van der Waals surface area contributed by atoms with Gasteiger partial charge in [0.1, 0.15) is 0 Å². The highest BCUT2D eigenvalue weighted by Gasteiger charge is 2.46. The molecule has 0 bridgehead atoms. The molecule has 2 amide bonds. The van der Waals surface area contributed by atoms with Crippen molar-refractivity contribution >= 4 is 6.03 Å². The first kappa shape index (κ1) is 27.3. The second-order valence-corrected chi connectivity index (χ2v) is 10.1. The van der Waals surface area contributed by atoms with Crippen molar-refractivity contribution < 1.29 is 35.9 Å². The van der Waals surface area contributed by atoms with Crippen LogP contribution in [0.4, 0.5) is 31.1 Å². The Morgan fingerprint density at radius 3 is 2.11 bits per heavy atom. The third-order valence-electron chi connectivity index (χ3n) is 7.37. The lowest BCUT2D eigenvalue weighted by Gasteiger charge is -2.48. The van der Waals surface area contributed by atoms with Crippen LogP contribution in [0.3, 0.4) is 0 Å². The minimum atomic E-state index is -4.91. The number of urea groups is 1. The number of halogens is 6. The number of hydrogen-bond donors (Lipinski definition) is 1. The molecule has 1 atom stereocenters. The zero-order valence-corrected chi connectivity index (χ0v) is 20.5. The zero-order chi connectivity index (χ0) is 26.8. The molecule has 1 saturated heterocycles. The first-order valence-electron chi connectivity index (χ1n) is 12.4. The number of alkyl halides is 6. The van der Waals surface area contributed by atoms with E-state index in [2.05, 4.69) is 5.32 Å². The van der Waals surface area contributed by atoms with E-state index in [0.717, 1.165) is 31.5 Å². The third-order valence-corrected chi connectivity index (χ3v) is 7.37. The standard InChI is InChI=1S/C27H30F6N2O2/c1-18(20-11-22(26(28,29)30)13-23(12-20)27(31,32)33)37-17-25(21-7-3-2-4-8-21)14-19(15-25)16-34-24(36)35-9-5-6-10-35/h2-4,7-8,11-13,18-19H,5-6,9-10,14-17H2,1H3,(H,34,36)/t18-,19?,25?/m1/s1. The van der Waals surface area contributed by atoms with Gasteiger partial charge in [-0.2, -0.15) is 26.3 Å². The summed E-state index contributed by atoms with van der Waals surface area (Å²) in [5.74, 6) is 0.191. The molecular weight excluding hydrogens is 498 g/mol. The van der Waals surface area contributed by atoms with Crippen molar-refractivity contribution in [3.63, 3.8) is 0 Å². The predicted octanol–water partition coefficient (Wildman–Crippen LogP) is 6.96. The highest BCUT2D eigenvalue weighted by Crippen LogP contribution is 2.48. The molecule has 1 saturated carbocycles. The number of rotatable bonds is 7. The number of amides is 2. The van der Waals surface area contributed by atoms with E-state index in [1.807, 2.05) is 30.3 Å². The SMILES string of the molecule is C[C@@H](OCC1(c2ccccc2)CC(CNC(=O)N2CCCC2)C1)c1cc(C(F)(F)F)cc(C(F)(F)F)c1. The largest absolute Gasteiger partial charge is 0.416 e. The molecule has 0 radical (unpaired) electrons. The average Bonchev–Trinajstić information content (AvgIpc) is 3.37. The summed E-state index contributed by atoms with van der Waals surface area (Å²) in [6.07, 6.45) is -7.46. The molecule has 10 heteroatoms. The highest BCUT2D eigenvalue weighted by molar-refractivity contribution is 5.74. The number of nitrogens with zero attached hydrogens (tertiary/aromatic N) is 1. The topological polar surface area (TPSA) is 41.6 Å². The van der Waals surface area contributed by atoms with E-state index in [1.165, 1.54) is 6.92 Å². The molecule has 1 N–H and O–H groups in total. The van der Waals surface area contributed by atoms with Crippen LogP contribution >= 0.6 is 0 Å². The Morgan fingerprint density at radius 1 is 1.00 bits per heavy atom. The van der Waals surface area contributed by atoms with Gasteiger partial charge in [0.15, 0.2) is 0 Å². The van der Waals surface area contributed by atoms with Gasteiger partial charge < -0.3 is 15.0 Å². The maximum atomic E-state index is 13.3. The van der Waals surface area contributed by atoms with Crippen LogP contribution in [0.25, 0.3) is 0 Å². The minimum Gasteiger partial charge on any atom is -0.373 e. The Hall–Kier alpha value is -2.75. The van der Waals surface area contributed by atoms with Crippen molar-refractivity contribution in [2.45, 2.75) is 56.5 Å². The van der Waals surface area contributed by atoms with Crippen molar-refractivity contribution in [1.82, 2.24) is 10.2 Å². The second-order valence-electron chi connectivity index (χ2n) is 10.1. The first-order chi connectivity index (χ1) is 17.4. The molecule has 2 aromatic carbocycles. The van der Waals surface area contributed by atoms with Crippen LogP contribution in [-0.2, 0) is 22.5 Å². The fraction of sp³-hybridized carbons (Fsp3) is 0.519. The van der Waals surface area contributed by atoms with Crippen molar-refractivity contribution in [2.24, 2.45) is 5.92 Å². The lowest BCUT2D eigenvalue weighted by atomic mass is 9.59. The maximum Gasteiger partial charge on any atom is 0.416 e. The number of ether oxygens (including phenoxy) is 1. The zero-order valence-electron chi connectivity index (χ0n) is 20.5. The van der Waals surface area contributed by atoms with Gasteiger partial charge in [-0.05, 0) is 67.9 Å². The van der Waals surface area contributed by atoms with Gasteiger partial charge in [-0.3, -0.25) is 0 Å². The second kappa shape index (κ2) is 10.6. The number of carbonyl (C=O) groups is 1. The maximum absolute atomic E-state index is 13.3. The molecule has 4 nitrogen and oxygen atoms in total. The van der Waals surface area contributed by atoms with Gasteiger partial charge in [0.05, 0.1) is 23.8 Å². The van der Waals surface area contributed by atoms with E-state index in [4.69, 9.17) is 4.74 Å². The molecule has 1 aliphatic heterocycles. The van der Waals surface area contributed by atoms with E-state index >= 15 is 0 Å². The summed E-state index contributed by atoms with van der Waals surface area (Å²) in [6, 6.07) is 11.0. The Balaban J connectivity index is 1.45. The molecule has 2 aromatic rings. The molecule has 1 heterocycles. The number of likely N-dealkylation sites (tertiary alicyclic amines) is 1. The molecule has 0 spiro atoms. The summed E-state index contributed by atoms with van der Waals surface area (Å²) in [4.78, 5) is 14.1. The van der Waals surface area contributed by atoms with Crippen LogP contribution in [0.1, 0.15) is 61.0 Å². The molecule has 4 rings (SSSR count). The van der Waals surface area contributed by atoms with Crippen LogP contribution in [-0.4, -0.2) is 37.2 Å². The van der Waals surface area contributed by atoms with Gasteiger partial charge in [-0.15, -0.1) is 0 Å². The molecule has 202 valence electrons. The van der Waals surface area contributed by atoms with Gasteiger partial charge in [0.25, 0.3) is 0 Å². The lowest BCUT2D eigenvalue weighted by molar-refractivity contribution is -0.143. The Bertz CT molecular complexity index is 1040. The molecule has 0 aromatic heterocycles. The summed E-state index contributed by atoms with van der Waals surface area (Å²) >= 11 is 0. The van der Waals surface area contributed by atoms with Crippen LogP contribution in [0, 0.1) is 5.92 Å². The quantitative estimate of drug-likeness (QED) is 0.395. The molecule has 0 unspecified atom stereocenters. The van der Waals surface area contributed by atoms with Crippen LogP contribution in [0.15, 0.2) is 48.5 Å². The number of carbonyl (C=O) groups excluding carboxylic acids is 1. The monoisotopic (exact) mass is 528 g/mol. The van der Waals surface area contributed by atoms with E-state index in [0.29, 0.717) is 31.5 Å². The van der Waals surface area contributed by atoms with Crippen LogP contribution in [0.2, 0.25) is 0 Å². The summed E-state index contributed by atoms with van der Waals surface area (Å²) < 4.78 is 85.7. The summed E-state index contributed by atoms with van der Waals surface area (Å²) in [5.41, 5.74) is -2.35. The van der Waals surface area contributed by atoms with Gasteiger partial charge in [-0.25, -0.2) is 4.79 Å². The van der Waals surface area contributed by atoms with E-state index < -0.39 is 35.0 Å². The van der Waals surface area contributed by atoms with Gasteiger partial charge in [0.2, 0.25) is 0 Å². The minimum absolute atomic E-state index is 0.0791. The molecule has 1 aliphatic carbocycles. The fourth-order valence-electron chi connectivity index (χ4n) is 5.28. The van der Waals surface area contributed by atoms with Crippen molar-refractivity contribution in [3.05, 3.63) is 70.8 Å². The fourth-order valence-corrected chi connectivity index (χ4v) is 5.28. The molecule has 37 heavy (non-hydrogen) atoms. The lowest BCUT2D eigenvalue weighted by Crippen LogP contribution is -2.50. The van der Waals surface area contributed by atoms with Crippen molar-refractivity contribution in [2.75, 3.05) is 26.2 Å². The Kier molecular flexibility index (Phi) is 7.78. The highest BCUT2D eigenvalue weighted by atomic mass is 19.4. The summed E-state index contributed by atoms with van der Waals surface area (Å²) in [5, 5.41) is 2.98. The summed E-state index contributed by atoms with van der Waals surface area (Å²) in [7, 11) is 0. The van der Waals surface area contributed by atoms with Crippen molar-refractivity contribution in [3.8, 4) is 0 Å². The number of hydrogen-bond acceptors (Lipinski definition) is 2. The number of benzene rings is 2. The Morgan fingerprint density at radius 2 is 1.57 bits per heavy atom. The molecule has 2 aliphatic rings. The average molecular weight is 529 g/mol. The van der Waals surface area contributed by atoms with E-state index in [-0.39, 0.29) is 30.2 Å².